The maximum atomic E-state index is 9.60. The monoisotopic (exact) mass is 320 g/mol. The van der Waals surface area contributed by atoms with Gasteiger partial charge in [-0.3, -0.25) is 0 Å². The van der Waals surface area contributed by atoms with Gasteiger partial charge >= 0.3 is 0 Å². The number of aliphatic hydroxyl groups is 1. The van der Waals surface area contributed by atoms with Crippen LogP contribution in [0.1, 0.15) is 40.6 Å². The van der Waals surface area contributed by atoms with Gasteiger partial charge < -0.3 is 15.8 Å². The molecule has 0 radical (unpaired) electrons. The van der Waals surface area contributed by atoms with Gasteiger partial charge in [0, 0.05) is 41.1 Å². The number of aliphatic hydroxyl groups excluding tert-OH is 1. The molecule has 0 amide bonds. The molecule has 24 heavy (non-hydrogen) atoms. The maximum absolute atomic E-state index is 9.60. The molecule has 4 N–H and O–H groups in total. The Morgan fingerprint density at radius 3 is 2.62 bits per heavy atom. The van der Waals surface area contributed by atoms with Crippen molar-refractivity contribution < 1.29 is 5.11 Å². The Morgan fingerprint density at radius 2 is 1.88 bits per heavy atom. The van der Waals surface area contributed by atoms with Gasteiger partial charge in [-0.2, -0.15) is 0 Å². The molecule has 3 heteroatoms. The number of H-pyrrole nitrogens is 1. The van der Waals surface area contributed by atoms with Gasteiger partial charge in [-0.1, -0.05) is 48.0 Å². The Morgan fingerprint density at radius 1 is 1.12 bits per heavy atom. The predicted molar refractivity (Wildman–Crippen MR) is 98.3 cm³/mol. The highest BCUT2D eigenvalue weighted by Crippen LogP contribution is 2.43. The van der Waals surface area contributed by atoms with Crippen LogP contribution in [0.15, 0.2) is 48.5 Å². The third-order valence-electron chi connectivity index (χ3n) is 5.50. The number of rotatable bonds is 3. The molecule has 0 saturated heterocycles. The van der Waals surface area contributed by atoms with Crippen molar-refractivity contribution >= 4 is 10.9 Å². The van der Waals surface area contributed by atoms with Crippen LogP contribution in [0, 0.1) is 6.92 Å². The van der Waals surface area contributed by atoms with Gasteiger partial charge in [0.05, 0.1) is 0 Å². The number of aromatic amines is 1. The Labute approximate surface area is 142 Å². The van der Waals surface area contributed by atoms with E-state index in [1.165, 1.54) is 33.3 Å². The fourth-order valence-corrected chi connectivity index (χ4v) is 4.26. The second-order valence-electron chi connectivity index (χ2n) is 6.98. The van der Waals surface area contributed by atoms with Crippen LogP contribution in [0.4, 0.5) is 0 Å². The fourth-order valence-electron chi connectivity index (χ4n) is 4.26. The van der Waals surface area contributed by atoms with Crippen LogP contribution in [-0.2, 0) is 6.42 Å². The number of aryl methyl sites for hydroxylation is 1. The highest BCUT2D eigenvalue weighted by molar-refractivity contribution is 5.85. The van der Waals surface area contributed by atoms with Crippen molar-refractivity contribution in [1.82, 2.24) is 4.98 Å². The lowest BCUT2D eigenvalue weighted by Crippen LogP contribution is -2.40. The number of fused-ring (bicyclic) bond motifs is 3. The SMILES string of the molecule is Cc1ccc([C@H]2Cc3[nH]c4ccccc4c3[C@@H](CCO)[C@@H]2N)cc1. The molecule has 0 fully saturated rings. The second kappa shape index (κ2) is 6.08. The third kappa shape index (κ3) is 2.45. The molecule has 0 bridgehead atoms. The molecule has 0 unspecified atom stereocenters. The Kier molecular flexibility index (Phi) is 3.91. The summed E-state index contributed by atoms with van der Waals surface area (Å²) in [5, 5.41) is 10.9. The van der Waals surface area contributed by atoms with E-state index in [2.05, 4.69) is 60.4 Å². The first kappa shape index (κ1) is 15.4. The summed E-state index contributed by atoms with van der Waals surface area (Å²) in [6.07, 6.45) is 1.63. The topological polar surface area (TPSA) is 62.0 Å². The summed E-state index contributed by atoms with van der Waals surface area (Å²) in [5.74, 6) is 0.462. The molecule has 0 spiro atoms. The van der Waals surface area contributed by atoms with Crippen molar-refractivity contribution in [3.05, 3.63) is 70.9 Å². The summed E-state index contributed by atoms with van der Waals surface area (Å²) in [6, 6.07) is 17.1. The van der Waals surface area contributed by atoms with Gasteiger partial charge in [-0.05, 0) is 37.0 Å². The number of nitrogens with two attached hydrogens (primary N) is 1. The van der Waals surface area contributed by atoms with E-state index in [0.29, 0.717) is 6.42 Å². The molecular formula is C21H24N2O. The van der Waals surface area contributed by atoms with Crippen molar-refractivity contribution in [3.63, 3.8) is 0 Å². The molecule has 4 rings (SSSR count). The molecule has 0 aliphatic heterocycles. The third-order valence-corrected chi connectivity index (χ3v) is 5.50. The highest BCUT2D eigenvalue weighted by Gasteiger charge is 2.37. The second-order valence-corrected chi connectivity index (χ2v) is 6.98. The van der Waals surface area contributed by atoms with E-state index >= 15 is 0 Å². The number of para-hydroxylation sites is 1. The van der Waals surface area contributed by atoms with Crippen molar-refractivity contribution in [1.29, 1.82) is 0 Å². The number of nitrogens with one attached hydrogen (secondary N) is 1. The van der Waals surface area contributed by atoms with E-state index in [-0.39, 0.29) is 24.5 Å². The van der Waals surface area contributed by atoms with Crippen LogP contribution in [-0.4, -0.2) is 22.7 Å². The lowest BCUT2D eigenvalue weighted by atomic mass is 9.71. The van der Waals surface area contributed by atoms with E-state index in [0.717, 1.165) is 6.42 Å². The van der Waals surface area contributed by atoms with Gasteiger partial charge in [0.15, 0.2) is 0 Å². The molecule has 3 aromatic rings. The average molecular weight is 320 g/mol. The average Bonchev–Trinajstić information content (AvgIpc) is 2.96. The number of benzene rings is 2. The Hall–Kier alpha value is -2.10. The Bertz CT molecular complexity index is 850. The molecule has 3 atom stereocenters. The van der Waals surface area contributed by atoms with Crippen molar-refractivity contribution in [2.75, 3.05) is 6.61 Å². The van der Waals surface area contributed by atoms with Crippen LogP contribution < -0.4 is 5.73 Å². The molecule has 1 aliphatic carbocycles. The van der Waals surface area contributed by atoms with E-state index in [9.17, 15) is 5.11 Å². The van der Waals surface area contributed by atoms with Crippen LogP contribution in [0.5, 0.6) is 0 Å². The lowest BCUT2D eigenvalue weighted by molar-refractivity contribution is 0.257. The summed E-state index contributed by atoms with van der Waals surface area (Å²) < 4.78 is 0. The van der Waals surface area contributed by atoms with Gasteiger partial charge in [0.1, 0.15) is 0 Å². The molecule has 124 valence electrons. The van der Waals surface area contributed by atoms with Gasteiger partial charge in [-0.15, -0.1) is 0 Å². The predicted octanol–water partition coefficient (Wildman–Crippen LogP) is 3.61. The van der Waals surface area contributed by atoms with Crippen LogP contribution in [0.3, 0.4) is 0 Å². The molecule has 1 aliphatic rings. The highest BCUT2D eigenvalue weighted by atomic mass is 16.3. The summed E-state index contributed by atoms with van der Waals surface area (Å²) in [6.45, 7) is 2.27. The van der Waals surface area contributed by atoms with E-state index in [4.69, 9.17) is 5.73 Å². The van der Waals surface area contributed by atoms with Crippen molar-refractivity contribution in [2.24, 2.45) is 5.73 Å². The number of hydrogen-bond donors (Lipinski definition) is 3. The molecule has 0 saturated carbocycles. The van der Waals surface area contributed by atoms with Gasteiger partial charge in [0.2, 0.25) is 0 Å². The summed E-state index contributed by atoms with van der Waals surface area (Å²) in [5.41, 5.74) is 13.0. The van der Waals surface area contributed by atoms with Crippen molar-refractivity contribution in [2.45, 2.75) is 37.6 Å². The maximum Gasteiger partial charge on any atom is 0.0459 e. The summed E-state index contributed by atoms with van der Waals surface area (Å²) >= 11 is 0. The zero-order valence-corrected chi connectivity index (χ0v) is 14.0. The zero-order valence-electron chi connectivity index (χ0n) is 14.0. The minimum Gasteiger partial charge on any atom is -0.396 e. The molecule has 1 heterocycles. The van der Waals surface area contributed by atoms with Gasteiger partial charge in [0.25, 0.3) is 0 Å². The fraction of sp³-hybridized carbons (Fsp3) is 0.333. The first-order valence-electron chi connectivity index (χ1n) is 8.71. The molecule has 1 aromatic heterocycles. The molecule has 3 nitrogen and oxygen atoms in total. The zero-order chi connectivity index (χ0) is 16.7. The normalized spacial score (nSPS) is 23.4. The number of aromatic nitrogens is 1. The standard InChI is InChI=1S/C21H24N2O/c1-13-6-8-14(9-7-13)17-12-19-20(16(10-11-24)21(17)22)15-4-2-3-5-18(15)23-19/h2-9,16-17,21,23-24H,10-12,22H2,1H3/t16-,17-,21+/m1/s1. The van der Waals surface area contributed by atoms with E-state index in [1.54, 1.807) is 0 Å². The number of hydrogen-bond acceptors (Lipinski definition) is 2. The van der Waals surface area contributed by atoms with Crippen molar-refractivity contribution in [3.8, 4) is 0 Å². The minimum atomic E-state index is 0.0200. The first-order valence-corrected chi connectivity index (χ1v) is 8.71. The first-order chi connectivity index (χ1) is 11.7. The summed E-state index contributed by atoms with van der Waals surface area (Å²) in [4.78, 5) is 3.60. The van der Waals surface area contributed by atoms with Crippen LogP contribution >= 0.6 is 0 Å². The summed E-state index contributed by atoms with van der Waals surface area (Å²) in [7, 11) is 0. The molecule has 2 aromatic carbocycles. The molecular weight excluding hydrogens is 296 g/mol. The smallest absolute Gasteiger partial charge is 0.0459 e. The quantitative estimate of drug-likeness (QED) is 0.690. The van der Waals surface area contributed by atoms with Gasteiger partial charge in [-0.25, -0.2) is 0 Å². The van der Waals surface area contributed by atoms with E-state index < -0.39 is 0 Å². The Balaban J connectivity index is 1.82. The van der Waals surface area contributed by atoms with Crippen LogP contribution in [0.25, 0.3) is 10.9 Å². The lowest BCUT2D eigenvalue weighted by Gasteiger charge is -2.36. The minimum absolute atomic E-state index is 0.0200. The van der Waals surface area contributed by atoms with Crippen LogP contribution in [0.2, 0.25) is 0 Å². The van der Waals surface area contributed by atoms with E-state index in [1.807, 2.05) is 0 Å². The largest absolute Gasteiger partial charge is 0.396 e.